The van der Waals surface area contributed by atoms with Crippen LogP contribution >= 0.6 is 0 Å². The van der Waals surface area contributed by atoms with E-state index in [9.17, 15) is 0 Å². The maximum absolute atomic E-state index is 5.47. The van der Waals surface area contributed by atoms with Gasteiger partial charge in [-0.3, -0.25) is 9.98 Å². The zero-order valence-electron chi connectivity index (χ0n) is 17.5. The van der Waals surface area contributed by atoms with Gasteiger partial charge in [0.2, 0.25) is 0 Å². The third-order valence-electron chi connectivity index (χ3n) is 4.47. The number of methoxy groups -OCH3 is 2. The Hall–Kier alpha value is -3.62. The van der Waals surface area contributed by atoms with Gasteiger partial charge < -0.3 is 24.6 Å². The van der Waals surface area contributed by atoms with E-state index in [-0.39, 0.29) is 6.04 Å². The van der Waals surface area contributed by atoms with Crippen LogP contribution in [0.5, 0.6) is 11.5 Å². The van der Waals surface area contributed by atoms with Crippen LogP contribution in [0.4, 0.5) is 0 Å². The summed E-state index contributed by atoms with van der Waals surface area (Å²) < 4.78 is 16.1. The van der Waals surface area contributed by atoms with Crippen molar-refractivity contribution in [1.82, 2.24) is 25.8 Å². The molecule has 0 amide bonds. The van der Waals surface area contributed by atoms with Gasteiger partial charge in [-0.25, -0.2) is 0 Å². The average Bonchev–Trinajstić information content (AvgIpc) is 3.27. The van der Waals surface area contributed by atoms with Crippen molar-refractivity contribution in [3.63, 3.8) is 0 Å². The predicted molar refractivity (Wildman–Crippen MR) is 114 cm³/mol. The van der Waals surface area contributed by atoms with Crippen LogP contribution in [0.3, 0.4) is 0 Å². The van der Waals surface area contributed by atoms with E-state index >= 15 is 0 Å². The Labute approximate surface area is 175 Å². The normalized spacial score (nSPS) is 12.3. The lowest BCUT2D eigenvalue weighted by atomic mass is 10.1. The summed E-state index contributed by atoms with van der Waals surface area (Å²) in [5, 5.41) is 10.6. The molecule has 1 aromatic carbocycles. The summed E-state index contributed by atoms with van der Waals surface area (Å²) >= 11 is 0. The molecule has 2 heterocycles. The second kappa shape index (κ2) is 10.2. The fourth-order valence-electron chi connectivity index (χ4n) is 2.90. The highest BCUT2D eigenvalue weighted by atomic mass is 16.5. The first-order valence-corrected chi connectivity index (χ1v) is 9.57. The fraction of sp³-hybridized carbons (Fsp3) is 0.333. The van der Waals surface area contributed by atoms with Crippen LogP contribution in [-0.4, -0.2) is 48.9 Å². The molecule has 30 heavy (non-hydrogen) atoms. The molecule has 1 atom stereocenters. The van der Waals surface area contributed by atoms with E-state index in [0.29, 0.717) is 36.3 Å². The Morgan fingerprint density at radius 1 is 1.20 bits per heavy atom. The standard InChI is InChI=1S/C21H26N6O3/c1-14(16-13-15(28-3)8-9-18(16)29-4)25-21(22-2)24-12-10-19-26-20(30-27-19)17-7-5-6-11-23-17/h5-9,11,13-14H,10,12H2,1-4H3,(H2,22,24,25). The summed E-state index contributed by atoms with van der Waals surface area (Å²) in [4.78, 5) is 12.9. The predicted octanol–water partition coefficient (Wildman–Crippen LogP) is 2.62. The lowest BCUT2D eigenvalue weighted by Gasteiger charge is -2.20. The minimum absolute atomic E-state index is 0.0535. The summed E-state index contributed by atoms with van der Waals surface area (Å²) in [5.74, 6) is 3.21. The average molecular weight is 410 g/mol. The molecule has 3 aromatic rings. The van der Waals surface area contributed by atoms with Gasteiger partial charge in [0, 0.05) is 31.8 Å². The van der Waals surface area contributed by atoms with Gasteiger partial charge in [-0.05, 0) is 37.3 Å². The van der Waals surface area contributed by atoms with Gasteiger partial charge >= 0.3 is 0 Å². The van der Waals surface area contributed by atoms with Crippen molar-refractivity contribution in [3.8, 4) is 23.1 Å². The summed E-state index contributed by atoms with van der Waals surface area (Å²) in [6, 6.07) is 11.2. The molecule has 3 rings (SSSR count). The number of nitrogens with zero attached hydrogens (tertiary/aromatic N) is 4. The number of aliphatic imine (C=N–C) groups is 1. The fourth-order valence-corrected chi connectivity index (χ4v) is 2.90. The molecule has 0 spiro atoms. The lowest BCUT2D eigenvalue weighted by molar-refractivity contribution is 0.394. The van der Waals surface area contributed by atoms with Gasteiger partial charge in [-0.2, -0.15) is 4.98 Å². The molecular formula is C21H26N6O3. The Balaban J connectivity index is 1.56. The Kier molecular flexibility index (Phi) is 7.20. The summed E-state index contributed by atoms with van der Waals surface area (Å²) in [6.45, 7) is 2.62. The van der Waals surface area contributed by atoms with E-state index in [0.717, 1.165) is 17.1 Å². The SMILES string of the molecule is CN=C(NCCc1noc(-c2ccccn2)n1)NC(C)c1cc(OC)ccc1OC. The molecule has 0 saturated carbocycles. The second-order valence-electron chi connectivity index (χ2n) is 6.45. The Morgan fingerprint density at radius 3 is 2.77 bits per heavy atom. The molecule has 9 nitrogen and oxygen atoms in total. The van der Waals surface area contributed by atoms with Crippen molar-refractivity contribution in [2.45, 2.75) is 19.4 Å². The summed E-state index contributed by atoms with van der Waals surface area (Å²) in [6.07, 6.45) is 2.27. The molecule has 0 saturated heterocycles. The largest absolute Gasteiger partial charge is 0.497 e. The van der Waals surface area contributed by atoms with Crippen LogP contribution < -0.4 is 20.1 Å². The first-order valence-electron chi connectivity index (χ1n) is 9.57. The van der Waals surface area contributed by atoms with Gasteiger partial charge in [-0.1, -0.05) is 11.2 Å². The van der Waals surface area contributed by atoms with Crippen LogP contribution in [0.1, 0.15) is 24.4 Å². The number of aromatic nitrogens is 3. The van der Waals surface area contributed by atoms with Gasteiger partial charge in [0.1, 0.15) is 17.2 Å². The minimum atomic E-state index is -0.0535. The smallest absolute Gasteiger partial charge is 0.276 e. The van der Waals surface area contributed by atoms with Gasteiger partial charge in [0.15, 0.2) is 11.8 Å². The molecule has 1 unspecified atom stereocenters. The molecular weight excluding hydrogens is 384 g/mol. The first-order chi connectivity index (χ1) is 14.6. The van der Waals surface area contributed by atoms with Crippen LogP contribution in [0, 0.1) is 0 Å². The molecule has 0 radical (unpaired) electrons. The van der Waals surface area contributed by atoms with E-state index in [1.807, 2.05) is 43.3 Å². The zero-order valence-corrected chi connectivity index (χ0v) is 17.5. The van der Waals surface area contributed by atoms with E-state index in [2.05, 4.69) is 30.8 Å². The Morgan fingerprint density at radius 2 is 2.07 bits per heavy atom. The number of ether oxygens (including phenoxy) is 2. The number of hydrogen-bond acceptors (Lipinski definition) is 7. The van der Waals surface area contributed by atoms with Crippen molar-refractivity contribution in [2.75, 3.05) is 27.8 Å². The molecule has 0 aliphatic heterocycles. The van der Waals surface area contributed by atoms with Crippen molar-refractivity contribution in [1.29, 1.82) is 0 Å². The van der Waals surface area contributed by atoms with E-state index < -0.39 is 0 Å². The molecule has 9 heteroatoms. The highest BCUT2D eigenvalue weighted by molar-refractivity contribution is 5.80. The van der Waals surface area contributed by atoms with E-state index in [1.165, 1.54) is 0 Å². The summed E-state index contributed by atoms with van der Waals surface area (Å²) in [5.41, 5.74) is 1.63. The van der Waals surface area contributed by atoms with Crippen LogP contribution in [-0.2, 0) is 6.42 Å². The van der Waals surface area contributed by atoms with E-state index in [4.69, 9.17) is 14.0 Å². The van der Waals surface area contributed by atoms with Crippen LogP contribution in [0.15, 0.2) is 52.1 Å². The van der Waals surface area contributed by atoms with Crippen LogP contribution in [0.2, 0.25) is 0 Å². The third-order valence-corrected chi connectivity index (χ3v) is 4.47. The van der Waals surface area contributed by atoms with Gasteiger partial charge in [0.05, 0.1) is 20.3 Å². The highest BCUT2D eigenvalue weighted by Crippen LogP contribution is 2.29. The van der Waals surface area contributed by atoms with Gasteiger partial charge in [0.25, 0.3) is 5.89 Å². The highest BCUT2D eigenvalue weighted by Gasteiger charge is 2.15. The zero-order chi connectivity index (χ0) is 21.3. The Bertz CT molecular complexity index is 974. The topological polar surface area (TPSA) is 107 Å². The first kappa shape index (κ1) is 21.1. The number of rotatable bonds is 8. The van der Waals surface area contributed by atoms with Crippen molar-refractivity contribution in [3.05, 3.63) is 54.0 Å². The second-order valence-corrected chi connectivity index (χ2v) is 6.45. The molecule has 0 aliphatic carbocycles. The quantitative estimate of drug-likeness (QED) is 0.431. The van der Waals surface area contributed by atoms with Crippen molar-refractivity contribution < 1.29 is 14.0 Å². The molecule has 0 bridgehead atoms. The van der Waals surface area contributed by atoms with Crippen molar-refractivity contribution >= 4 is 5.96 Å². The number of guanidine groups is 1. The maximum atomic E-state index is 5.47. The number of nitrogens with one attached hydrogen (secondary N) is 2. The monoisotopic (exact) mass is 410 g/mol. The lowest BCUT2D eigenvalue weighted by Crippen LogP contribution is -2.39. The molecule has 0 fully saturated rings. The van der Waals surface area contributed by atoms with E-state index in [1.54, 1.807) is 27.5 Å². The minimum Gasteiger partial charge on any atom is -0.497 e. The molecule has 2 aromatic heterocycles. The molecule has 0 aliphatic rings. The summed E-state index contributed by atoms with van der Waals surface area (Å²) in [7, 11) is 5.01. The van der Waals surface area contributed by atoms with Crippen molar-refractivity contribution in [2.24, 2.45) is 4.99 Å². The number of pyridine rings is 1. The van der Waals surface area contributed by atoms with Crippen LogP contribution in [0.25, 0.3) is 11.6 Å². The number of hydrogen-bond donors (Lipinski definition) is 2. The van der Waals surface area contributed by atoms with Gasteiger partial charge in [-0.15, -0.1) is 0 Å². The number of benzene rings is 1. The molecule has 2 N–H and O–H groups in total. The third kappa shape index (κ3) is 5.25. The molecule has 158 valence electrons. The maximum Gasteiger partial charge on any atom is 0.276 e.